The highest BCUT2D eigenvalue weighted by molar-refractivity contribution is 6.04. The fourth-order valence-electron chi connectivity index (χ4n) is 3.33. The molecule has 4 aromatic rings. The summed E-state index contributed by atoms with van der Waals surface area (Å²) in [5.41, 5.74) is 3.34. The summed E-state index contributed by atoms with van der Waals surface area (Å²) < 4.78 is 6.86. The van der Waals surface area contributed by atoms with Gasteiger partial charge in [0, 0.05) is 17.7 Å². The van der Waals surface area contributed by atoms with E-state index in [9.17, 15) is 9.59 Å². The molecular formula is C23H23N5O3. The van der Waals surface area contributed by atoms with Crippen LogP contribution in [0, 0.1) is 13.8 Å². The van der Waals surface area contributed by atoms with E-state index in [0.29, 0.717) is 28.5 Å². The lowest BCUT2D eigenvalue weighted by atomic mass is 10.1. The maximum Gasteiger partial charge on any atom is 0.256 e. The molecule has 3 heterocycles. The largest absolute Gasteiger partial charge is 0.463 e. The number of hydrogen-bond acceptors (Lipinski definition) is 5. The highest BCUT2D eigenvalue weighted by Crippen LogP contribution is 2.25. The maximum atomic E-state index is 13.0. The Hall–Kier alpha value is -3.94. The summed E-state index contributed by atoms with van der Waals surface area (Å²) in [5.74, 6) is 0.864. The van der Waals surface area contributed by atoms with Gasteiger partial charge in [-0.05, 0) is 44.0 Å². The Bertz CT molecular complexity index is 1280. The summed E-state index contributed by atoms with van der Waals surface area (Å²) in [6.07, 6.45) is 1.54. The molecule has 0 saturated heterocycles. The number of nitrogens with one attached hydrogen (secondary N) is 2. The highest BCUT2D eigenvalue weighted by Gasteiger charge is 2.18. The van der Waals surface area contributed by atoms with Crippen molar-refractivity contribution in [3.63, 3.8) is 0 Å². The van der Waals surface area contributed by atoms with Gasteiger partial charge in [-0.25, -0.2) is 4.98 Å². The van der Waals surface area contributed by atoms with E-state index in [-0.39, 0.29) is 23.3 Å². The molecule has 0 saturated carbocycles. The number of amides is 1. The van der Waals surface area contributed by atoms with Crippen LogP contribution in [0.15, 0.2) is 57.9 Å². The predicted molar refractivity (Wildman–Crippen MR) is 118 cm³/mol. The zero-order valence-corrected chi connectivity index (χ0v) is 17.8. The first kappa shape index (κ1) is 20.3. The standard InChI is InChI=1S/C23H23N5O3/c1-13(2)17-12-21(29)26-23(24-17)28-20(11-18(27-28)19-6-5-7-31-19)25-22(30)16-9-14(3)8-15(4)10-16/h5-13H,1-4H3,(H,25,30)(H,24,26,29). The Morgan fingerprint density at radius 2 is 1.87 bits per heavy atom. The van der Waals surface area contributed by atoms with E-state index in [1.807, 2.05) is 45.9 Å². The summed E-state index contributed by atoms with van der Waals surface area (Å²) >= 11 is 0. The first-order valence-corrected chi connectivity index (χ1v) is 9.95. The number of carbonyl (C=O) groups is 1. The number of carbonyl (C=O) groups excluding carboxylic acids is 1. The van der Waals surface area contributed by atoms with Crippen LogP contribution in [-0.4, -0.2) is 25.7 Å². The third-order valence-corrected chi connectivity index (χ3v) is 4.75. The van der Waals surface area contributed by atoms with Crippen molar-refractivity contribution in [1.82, 2.24) is 19.7 Å². The van der Waals surface area contributed by atoms with E-state index in [0.717, 1.165) is 11.1 Å². The van der Waals surface area contributed by atoms with Crippen molar-refractivity contribution >= 4 is 11.7 Å². The molecule has 0 atom stereocenters. The quantitative estimate of drug-likeness (QED) is 0.506. The molecule has 0 bridgehead atoms. The van der Waals surface area contributed by atoms with Gasteiger partial charge < -0.3 is 9.73 Å². The van der Waals surface area contributed by atoms with Gasteiger partial charge in [0.1, 0.15) is 11.5 Å². The first-order valence-electron chi connectivity index (χ1n) is 9.95. The Balaban J connectivity index is 1.80. The number of H-pyrrole nitrogens is 1. The van der Waals surface area contributed by atoms with Crippen LogP contribution < -0.4 is 10.9 Å². The molecule has 0 radical (unpaired) electrons. The van der Waals surface area contributed by atoms with Crippen molar-refractivity contribution in [2.24, 2.45) is 0 Å². The van der Waals surface area contributed by atoms with E-state index < -0.39 is 0 Å². The van der Waals surface area contributed by atoms with Gasteiger partial charge in [-0.1, -0.05) is 31.0 Å². The lowest BCUT2D eigenvalue weighted by molar-refractivity contribution is 0.102. The summed E-state index contributed by atoms with van der Waals surface area (Å²) in [7, 11) is 0. The van der Waals surface area contributed by atoms with Crippen molar-refractivity contribution in [2.75, 3.05) is 5.32 Å². The maximum absolute atomic E-state index is 13.0. The van der Waals surface area contributed by atoms with Crippen LogP contribution in [0.3, 0.4) is 0 Å². The molecular weight excluding hydrogens is 394 g/mol. The zero-order valence-electron chi connectivity index (χ0n) is 17.8. The van der Waals surface area contributed by atoms with Crippen LogP contribution in [-0.2, 0) is 0 Å². The van der Waals surface area contributed by atoms with Gasteiger partial charge in [-0.2, -0.15) is 9.78 Å². The van der Waals surface area contributed by atoms with E-state index in [2.05, 4.69) is 20.4 Å². The van der Waals surface area contributed by atoms with Crippen LogP contribution in [0.1, 0.15) is 46.9 Å². The van der Waals surface area contributed by atoms with Crippen LogP contribution in [0.25, 0.3) is 17.4 Å². The number of hydrogen-bond donors (Lipinski definition) is 2. The number of furan rings is 1. The van der Waals surface area contributed by atoms with Gasteiger partial charge in [0.15, 0.2) is 5.76 Å². The minimum atomic E-state index is -0.296. The van der Waals surface area contributed by atoms with Gasteiger partial charge in [-0.3, -0.25) is 14.6 Å². The van der Waals surface area contributed by atoms with Crippen LogP contribution >= 0.6 is 0 Å². The Morgan fingerprint density at radius 3 is 2.52 bits per heavy atom. The monoisotopic (exact) mass is 417 g/mol. The minimum Gasteiger partial charge on any atom is -0.463 e. The van der Waals surface area contributed by atoms with Gasteiger partial charge >= 0.3 is 0 Å². The van der Waals surface area contributed by atoms with Gasteiger partial charge in [0.25, 0.3) is 11.5 Å². The molecule has 1 aromatic carbocycles. The minimum absolute atomic E-state index is 0.0504. The van der Waals surface area contributed by atoms with Crippen LogP contribution in [0.4, 0.5) is 5.82 Å². The Kier molecular flexibility index (Phi) is 5.29. The number of aryl methyl sites for hydroxylation is 2. The lowest BCUT2D eigenvalue weighted by Crippen LogP contribution is -2.19. The average Bonchev–Trinajstić information content (AvgIpc) is 3.36. The fraction of sp³-hybridized carbons (Fsp3) is 0.217. The average molecular weight is 417 g/mol. The first-order chi connectivity index (χ1) is 14.8. The second-order valence-electron chi connectivity index (χ2n) is 7.78. The van der Waals surface area contributed by atoms with E-state index >= 15 is 0 Å². The Morgan fingerprint density at radius 1 is 1.13 bits per heavy atom. The van der Waals surface area contributed by atoms with Gasteiger partial charge in [0.2, 0.25) is 5.95 Å². The number of anilines is 1. The third kappa shape index (κ3) is 4.32. The molecule has 0 aliphatic rings. The van der Waals surface area contributed by atoms with Crippen molar-refractivity contribution in [1.29, 1.82) is 0 Å². The van der Waals surface area contributed by atoms with E-state index in [4.69, 9.17) is 4.42 Å². The molecule has 4 rings (SSSR count). The number of benzene rings is 1. The molecule has 0 aliphatic heterocycles. The molecule has 0 unspecified atom stereocenters. The number of nitrogens with zero attached hydrogens (tertiary/aromatic N) is 3. The second kappa shape index (κ2) is 8.06. The van der Waals surface area contributed by atoms with Crippen molar-refractivity contribution in [3.05, 3.63) is 81.5 Å². The second-order valence-corrected chi connectivity index (χ2v) is 7.78. The van der Waals surface area contributed by atoms with Crippen molar-refractivity contribution in [2.45, 2.75) is 33.6 Å². The number of rotatable bonds is 5. The predicted octanol–water partition coefficient (Wildman–Crippen LogP) is 4.21. The molecule has 0 fully saturated rings. The van der Waals surface area contributed by atoms with Gasteiger partial charge in [0.05, 0.1) is 12.0 Å². The molecule has 8 nitrogen and oxygen atoms in total. The topological polar surface area (TPSA) is 106 Å². The molecule has 1 amide bonds. The Labute approximate surface area is 179 Å². The highest BCUT2D eigenvalue weighted by atomic mass is 16.3. The van der Waals surface area contributed by atoms with E-state index in [1.165, 1.54) is 10.7 Å². The van der Waals surface area contributed by atoms with Crippen LogP contribution in [0.5, 0.6) is 0 Å². The summed E-state index contributed by atoms with van der Waals surface area (Å²) in [6, 6.07) is 12.3. The smallest absolute Gasteiger partial charge is 0.256 e. The SMILES string of the molecule is Cc1cc(C)cc(C(=O)Nc2cc(-c3ccco3)nn2-c2nc(C(C)C)cc(=O)[nH]2)c1. The molecule has 0 spiro atoms. The van der Waals surface area contributed by atoms with E-state index in [1.54, 1.807) is 24.5 Å². The molecule has 2 N–H and O–H groups in total. The molecule has 8 heteroatoms. The third-order valence-electron chi connectivity index (χ3n) is 4.75. The summed E-state index contributed by atoms with van der Waals surface area (Å²) in [6.45, 7) is 7.78. The molecule has 158 valence electrons. The van der Waals surface area contributed by atoms with Gasteiger partial charge in [-0.15, -0.1) is 0 Å². The number of aromatic amines is 1. The van der Waals surface area contributed by atoms with Crippen molar-refractivity contribution in [3.8, 4) is 17.4 Å². The van der Waals surface area contributed by atoms with Crippen LogP contribution in [0.2, 0.25) is 0 Å². The normalized spacial score (nSPS) is 11.1. The molecule has 3 aromatic heterocycles. The molecule has 31 heavy (non-hydrogen) atoms. The fourth-order valence-corrected chi connectivity index (χ4v) is 3.33. The zero-order chi connectivity index (χ0) is 22.1. The van der Waals surface area contributed by atoms with Crippen molar-refractivity contribution < 1.29 is 9.21 Å². The summed E-state index contributed by atoms with van der Waals surface area (Å²) in [5, 5.41) is 7.41. The summed E-state index contributed by atoms with van der Waals surface area (Å²) in [4.78, 5) is 32.4. The number of aromatic nitrogens is 4. The molecule has 0 aliphatic carbocycles. The lowest BCUT2D eigenvalue weighted by Gasteiger charge is -2.11.